The van der Waals surface area contributed by atoms with Gasteiger partial charge in [-0.25, -0.2) is 0 Å². The molecule has 0 saturated heterocycles. The van der Waals surface area contributed by atoms with E-state index in [0.29, 0.717) is 22.3 Å². The van der Waals surface area contributed by atoms with E-state index < -0.39 is 0 Å². The Balaban J connectivity index is 3.11. The van der Waals surface area contributed by atoms with Crippen molar-refractivity contribution in [2.24, 2.45) is 5.73 Å². The largest absolute Gasteiger partial charge is 0.489 e. The second kappa shape index (κ2) is 4.87. The average molecular weight is 234 g/mol. The molecule has 0 spiro atoms. The van der Waals surface area contributed by atoms with Gasteiger partial charge in [-0.3, -0.25) is 0 Å². The van der Waals surface area contributed by atoms with Gasteiger partial charge in [-0.05, 0) is 26.0 Å². The van der Waals surface area contributed by atoms with Crippen LogP contribution in [0.25, 0.3) is 0 Å². The average Bonchev–Trinajstić information content (AvgIpc) is 2.08. The molecule has 1 aromatic rings. The van der Waals surface area contributed by atoms with Crippen LogP contribution in [0.15, 0.2) is 12.1 Å². The Kier molecular flexibility index (Phi) is 4.05. The van der Waals surface area contributed by atoms with Crippen molar-refractivity contribution >= 4 is 23.2 Å². The zero-order valence-electron chi connectivity index (χ0n) is 8.18. The first-order chi connectivity index (χ1) is 6.54. The summed E-state index contributed by atoms with van der Waals surface area (Å²) in [5.74, 6) is 0.633. The second-order valence-electron chi connectivity index (χ2n) is 3.25. The fraction of sp³-hybridized carbons (Fsp3) is 0.400. The van der Waals surface area contributed by atoms with Crippen LogP contribution < -0.4 is 10.5 Å². The van der Waals surface area contributed by atoms with Crippen LogP contribution in [0.4, 0.5) is 0 Å². The van der Waals surface area contributed by atoms with E-state index in [1.807, 2.05) is 13.8 Å². The van der Waals surface area contributed by atoms with Crippen LogP contribution in [-0.4, -0.2) is 6.10 Å². The van der Waals surface area contributed by atoms with Gasteiger partial charge in [0.05, 0.1) is 11.1 Å². The molecule has 0 atom stereocenters. The van der Waals surface area contributed by atoms with Gasteiger partial charge in [0, 0.05) is 17.1 Å². The van der Waals surface area contributed by atoms with Crippen LogP contribution in [0.5, 0.6) is 5.75 Å². The first-order valence-electron chi connectivity index (χ1n) is 4.39. The van der Waals surface area contributed by atoms with E-state index >= 15 is 0 Å². The summed E-state index contributed by atoms with van der Waals surface area (Å²) in [6, 6.07) is 3.42. The molecule has 0 aliphatic rings. The Bertz CT molecular complexity index is 326. The van der Waals surface area contributed by atoms with Crippen molar-refractivity contribution in [2.75, 3.05) is 0 Å². The summed E-state index contributed by atoms with van der Waals surface area (Å²) in [5, 5.41) is 1.08. The highest BCUT2D eigenvalue weighted by Gasteiger charge is 2.10. The predicted octanol–water partition coefficient (Wildman–Crippen LogP) is 3.24. The lowest BCUT2D eigenvalue weighted by atomic mass is 10.2. The maximum atomic E-state index is 5.99. The fourth-order valence-corrected chi connectivity index (χ4v) is 1.71. The van der Waals surface area contributed by atoms with Crippen molar-refractivity contribution in [3.8, 4) is 5.75 Å². The minimum atomic E-state index is 0.0685. The molecule has 0 fully saturated rings. The van der Waals surface area contributed by atoms with Gasteiger partial charge < -0.3 is 10.5 Å². The Morgan fingerprint density at radius 3 is 2.50 bits per heavy atom. The number of halogens is 2. The minimum absolute atomic E-state index is 0.0685. The van der Waals surface area contributed by atoms with Gasteiger partial charge in [-0.2, -0.15) is 0 Å². The van der Waals surface area contributed by atoms with Gasteiger partial charge >= 0.3 is 0 Å². The van der Waals surface area contributed by atoms with E-state index in [0.717, 1.165) is 5.56 Å². The van der Waals surface area contributed by atoms with Crippen LogP contribution >= 0.6 is 23.2 Å². The summed E-state index contributed by atoms with van der Waals surface area (Å²) in [6.07, 6.45) is 0.0685. The number of rotatable bonds is 3. The summed E-state index contributed by atoms with van der Waals surface area (Å²) in [4.78, 5) is 0. The van der Waals surface area contributed by atoms with Crippen LogP contribution in [0.2, 0.25) is 10.0 Å². The van der Waals surface area contributed by atoms with E-state index in [9.17, 15) is 0 Å². The van der Waals surface area contributed by atoms with Crippen molar-refractivity contribution in [3.05, 3.63) is 27.7 Å². The van der Waals surface area contributed by atoms with E-state index in [2.05, 4.69) is 0 Å². The van der Waals surface area contributed by atoms with Crippen LogP contribution in [0.3, 0.4) is 0 Å². The molecule has 0 saturated carbocycles. The van der Waals surface area contributed by atoms with E-state index in [-0.39, 0.29) is 6.10 Å². The predicted molar refractivity (Wildman–Crippen MR) is 60.1 cm³/mol. The zero-order valence-corrected chi connectivity index (χ0v) is 9.69. The van der Waals surface area contributed by atoms with Gasteiger partial charge in [0.2, 0.25) is 0 Å². The van der Waals surface area contributed by atoms with E-state index in [1.54, 1.807) is 12.1 Å². The maximum Gasteiger partial charge on any atom is 0.142 e. The normalized spacial score (nSPS) is 10.7. The Labute approximate surface area is 94.0 Å². The third-order valence-electron chi connectivity index (χ3n) is 1.66. The molecule has 14 heavy (non-hydrogen) atoms. The summed E-state index contributed by atoms with van der Waals surface area (Å²) in [5.41, 5.74) is 6.40. The summed E-state index contributed by atoms with van der Waals surface area (Å²) < 4.78 is 5.55. The lowest BCUT2D eigenvalue weighted by Gasteiger charge is -2.15. The molecule has 0 aliphatic carbocycles. The topological polar surface area (TPSA) is 35.2 Å². The van der Waals surface area contributed by atoms with E-state index in [1.165, 1.54) is 0 Å². The first-order valence-corrected chi connectivity index (χ1v) is 5.14. The van der Waals surface area contributed by atoms with Gasteiger partial charge in [-0.15, -0.1) is 0 Å². The quantitative estimate of drug-likeness (QED) is 0.871. The molecule has 78 valence electrons. The molecule has 0 unspecified atom stereocenters. The van der Waals surface area contributed by atoms with Gasteiger partial charge in [0.1, 0.15) is 5.75 Å². The molecular formula is C10H13Cl2NO. The third kappa shape index (κ3) is 2.77. The summed E-state index contributed by atoms with van der Waals surface area (Å²) in [6.45, 7) is 4.23. The number of ether oxygens (including phenoxy) is 1. The number of hydrogen-bond acceptors (Lipinski definition) is 2. The molecule has 2 nitrogen and oxygen atoms in total. The van der Waals surface area contributed by atoms with Crippen molar-refractivity contribution < 1.29 is 4.74 Å². The van der Waals surface area contributed by atoms with Crippen molar-refractivity contribution in [2.45, 2.75) is 26.5 Å². The molecule has 0 radical (unpaired) electrons. The Morgan fingerprint density at radius 2 is 2.00 bits per heavy atom. The monoisotopic (exact) mass is 233 g/mol. The van der Waals surface area contributed by atoms with Gasteiger partial charge in [-0.1, -0.05) is 23.2 Å². The number of benzene rings is 1. The second-order valence-corrected chi connectivity index (χ2v) is 4.09. The van der Waals surface area contributed by atoms with Gasteiger partial charge in [0.15, 0.2) is 0 Å². The Morgan fingerprint density at radius 1 is 1.36 bits per heavy atom. The standard InChI is InChI=1S/C10H13Cl2NO/c1-6(2)14-10-7(5-13)3-8(11)4-9(10)12/h3-4,6H,5,13H2,1-2H3. The SMILES string of the molecule is CC(C)Oc1c(Cl)cc(Cl)cc1CN. The highest BCUT2D eigenvalue weighted by atomic mass is 35.5. The molecule has 0 bridgehead atoms. The molecule has 0 amide bonds. The smallest absolute Gasteiger partial charge is 0.142 e. The molecule has 1 rings (SSSR count). The van der Waals surface area contributed by atoms with Crippen LogP contribution in [0, 0.1) is 0 Å². The van der Waals surface area contributed by atoms with Crippen LogP contribution in [-0.2, 0) is 6.54 Å². The molecule has 4 heteroatoms. The lowest BCUT2D eigenvalue weighted by molar-refractivity contribution is 0.240. The molecule has 1 aromatic carbocycles. The maximum absolute atomic E-state index is 5.99. The highest BCUT2D eigenvalue weighted by Crippen LogP contribution is 2.32. The van der Waals surface area contributed by atoms with Crippen molar-refractivity contribution in [1.82, 2.24) is 0 Å². The first kappa shape index (κ1) is 11.6. The highest BCUT2D eigenvalue weighted by molar-refractivity contribution is 6.35. The number of nitrogens with two attached hydrogens (primary N) is 1. The fourth-order valence-electron chi connectivity index (χ4n) is 1.13. The van der Waals surface area contributed by atoms with Crippen molar-refractivity contribution in [3.63, 3.8) is 0 Å². The Hall–Kier alpha value is -0.440. The summed E-state index contributed by atoms with van der Waals surface area (Å²) in [7, 11) is 0. The molecule has 0 aromatic heterocycles. The van der Waals surface area contributed by atoms with E-state index in [4.69, 9.17) is 33.7 Å². The van der Waals surface area contributed by atoms with Crippen molar-refractivity contribution in [1.29, 1.82) is 0 Å². The summed E-state index contributed by atoms with van der Waals surface area (Å²) >= 11 is 11.8. The molecule has 2 N–H and O–H groups in total. The van der Waals surface area contributed by atoms with Crippen LogP contribution in [0.1, 0.15) is 19.4 Å². The van der Waals surface area contributed by atoms with Gasteiger partial charge in [0.25, 0.3) is 0 Å². The lowest BCUT2D eigenvalue weighted by Crippen LogP contribution is -2.09. The molecular weight excluding hydrogens is 221 g/mol. The minimum Gasteiger partial charge on any atom is -0.489 e. The zero-order chi connectivity index (χ0) is 10.7. The molecule has 0 aliphatic heterocycles. The molecule has 0 heterocycles. The third-order valence-corrected chi connectivity index (χ3v) is 2.16. The number of hydrogen-bond donors (Lipinski definition) is 1.